The lowest BCUT2D eigenvalue weighted by Crippen LogP contribution is -2.45. The number of hydrogen-bond donors (Lipinski definition) is 0. The summed E-state index contributed by atoms with van der Waals surface area (Å²) in [5, 5.41) is 4.52. The Morgan fingerprint density at radius 3 is 2.55 bits per heavy atom. The Balaban J connectivity index is 1.86. The van der Waals surface area contributed by atoms with E-state index in [1.54, 1.807) is 4.68 Å². The standard InChI is InChI=1S/C18H29N3O/c1-13(2)15-12-17(20(3)19-15)18(22)21-11-7-6-9-14-8-4-5-10-16(14)21/h12-14,16H,4-11H2,1-3H3/t14-,16+/m1/s1. The van der Waals surface area contributed by atoms with Gasteiger partial charge >= 0.3 is 0 Å². The predicted octanol–water partition coefficient (Wildman–Crippen LogP) is 3.73. The van der Waals surface area contributed by atoms with E-state index in [0.29, 0.717) is 12.0 Å². The van der Waals surface area contributed by atoms with Crippen LogP contribution in [-0.2, 0) is 7.05 Å². The van der Waals surface area contributed by atoms with E-state index < -0.39 is 0 Å². The number of hydrogen-bond acceptors (Lipinski definition) is 2. The molecule has 1 saturated carbocycles. The van der Waals surface area contributed by atoms with Crippen LogP contribution < -0.4 is 0 Å². The number of aromatic nitrogens is 2. The van der Waals surface area contributed by atoms with Crippen LogP contribution >= 0.6 is 0 Å². The molecule has 1 amide bonds. The van der Waals surface area contributed by atoms with Gasteiger partial charge in [0.1, 0.15) is 5.69 Å². The Morgan fingerprint density at radius 1 is 1.18 bits per heavy atom. The maximum absolute atomic E-state index is 13.1. The predicted molar refractivity (Wildman–Crippen MR) is 87.9 cm³/mol. The molecule has 22 heavy (non-hydrogen) atoms. The number of likely N-dealkylation sites (tertiary alicyclic amines) is 1. The van der Waals surface area contributed by atoms with Crippen LogP contribution in [0.1, 0.15) is 80.9 Å². The van der Waals surface area contributed by atoms with Crippen molar-refractivity contribution in [2.75, 3.05) is 6.54 Å². The van der Waals surface area contributed by atoms with Crippen molar-refractivity contribution in [2.45, 2.75) is 70.8 Å². The highest BCUT2D eigenvalue weighted by atomic mass is 16.2. The molecule has 1 aliphatic carbocycles. The first-order valence-corrected chi connectivity index (χ1v) is 8.93. The van der Waals surface area contributed by atoms with Gasteiger partial charge < -0.3 is 4.90 Å². The van der Waals surface area contributed by atoms with Crippen molar-refractivity contribution in [2.24, 2.45) is 13.0 Å². The van der Waals surface area contributed by atoms with Crippen molar-refractivity contribution in [3.05, 3.63) is 17.5 Å². The molecule has 2 fully saturated rings. The molecular weight excluding hydrogens is 274 g/mol. The van der Waals surface area contributed by atoms with Gasteiger partial charge in [0.2, 0.25) is 0 Å². The van der Waals surface area contributed by atoms with Gasteiger partial charge in [-0.05, 0) is 43.6 Å². The molecule has 1 saturated heterocycles. The van der Waals surface area contributed by atoms with E-state index in [4.69, 9.17) is 0 Å². The van der Waals surface area contributed by atoms with Crippen LogP contribution in [0.2, 0.25) is 0 Å². The van der Waals surface area contributed by atoms with Crippen LogP contribution in [-0.4, -0.2) is 33.2 Å². The maximum Gasteiger partial charge on any atom is 0.272 e. The quantitative estimate of drug-likeness (QED) is 0.835. The van der Waals surface area contributed by atoms with Crippen molar-refractivity contribution in [1.82, 2.24) is 14.7 Å². The summed E-state index contributed by atoms with van der Waals surface area (Å²) in [4.78, 5) is 15.3. The lowest BCUT2D eigenvalue weighted by Gasteiger charge is -2.38. The fourth-order valence-corrected chi connectivity index (χ4v) is 4.16. The monoisotopic (exact) mass is 303 g/mol. The Kier molecular flexibility index (Phi) is 4.55. The Labute approximate surface area is 133 Å². The summed E-state index contributed by atoms with van der Waals surface area (Å²) < 4.78 is 1.78. The van der Waals surface area contributed by atoms with Crippen LogP contribution in [0.4, 0.5) is 0 Å². The third-order valence-corrected chi connectivity index (χ3v) is 5.46. The Bertz CT molecular complexity index is 534. The van der Waals surface area contributed by atoms with Crippen molar-refractivity contribution in [3.63, 3.8) is 0 Å². The Morgan fingerprint density at radius 2 is 1.86 bits per heavy atom. The zero-order valence-corrected chi connectivity index (χ0v) is 14.2. The summed E-state index contributed by atoms with van der Waals surface area (Å²) >= 11 is 0. The number of fused-ring (bicyclic) bond motifs is 1. The Hall–Kier alpha value is -1.32. The molecular formula is C18H29N3O. The van der Waals surface area contributed by atoms with Crippen LogP contribution in [0, 0.1) is 5.92 Å². The highest BCUT2D eigenvalue weighted by Gasteiger charge is 2.35. The van der Waals surface area contributed by atoms with E-state index in [-0.39, 0.29) is 5.91 Å². The summed E-state index contributed by atoms with van der Waals surface area (Å²) in [7, 11) is 1.90. The van der Waals surface area contributed by atoms with Gasteiger partial charge in [-0.15, -0.1) is 0 Å². The average molecular weight is 303 g/mol. The number of nitrogens with zero attached hydrogens (tertiary/aromatic N) is 3. The van der Waals surface area contributed by atoms with Crippen molar-refractivity contribution >= 4 is 5.91 Å². The first-order valence-electron chi connectivity index (χ1n) is 8.93. The molecule has 4 heteroatoms. The first-order chi connectivity index (χ1) is 10.6. The van der Waals surface area contributed by atoms with Gasteiger partial charge in [-0.1, -0.05) is 33.1 Å². The second kappa shape index (κ2) is 6.43. The third-order valence-electron chi connectivity index (χ3n) is 5.46. The van der Waals surface area contributed by atoms with Gasteiger partial charge in [0, 0.05) is 19.6 Å². The summed E-state index contributed by atoms with van der Waals surface area (Å²) in [6, 6.07) is 2.46. The second-order valence-electron chi connectivity index (χ2n) is 7.34. The number of aryl methyl sites for hydroxylation is 1. The molecule has 2 atom stereocenters. The van der Waals surface area contributed by atoms with E-state index in [9.17, 15) is 4.79 Å². The van der Waals surface area contributed by atoms with E-state index in [2.05, 4.69) is 23.8 Å². The van der Waals surface area contributed by atoms with Crippen LogP contribution in [0.15, 0.2) is 6.07 Å². The number of rotatable bonds is 2. The molecule has 0 aromatic carbocycles. The molecule has 0 radical (unpaired) electrons. The molecule has 3 rings (SSSR count). The number of carbonyl (C=O) groups excluding carboxylic acids is 1. The summed E-state index contributed by atoms with van der Waals surface area (Å²) in [6.45, 7) is 5.17. The zero-order valence-electron chi connectivity index (χ0n) is 14.2. The smallest absolute Gasteiger partial charge is 0.272 e. The lowest BCUT2D eigenvalue weighted by atomic mass is 9.81. The van der Waals surface area contributed by atoms with Gasteiger partial charge in [0.25, 0.3) is 5.91 Å². The molecule has 1 aromatic heterocycles. The fourth-order valence-electron chi connectivity index (χ4n) is 4.16. The van der Waals surface area contributed by atoms with E-state index in [0.717, 1.165) is 30.3 Å². The number of carbonyl (C=O) groups is 1. The average Bonchev–Trinajstić information content (AvgIpc) is 2.77. The van der Waals surface area contributed by atoms with Gasteiger partial charge in [-0.2, -0.15) is 5.10 Å². The SMILES string of the molecule is CC(C)c1cc(C(=O)N2CCCC[C@H]3CCCC[C@@H]32)n(C)n1. The summed E-state index contributed by atoms with van der Waals surface area (Å²) in [5.41, 5.74) is 1.77. The van der Waals surface area contributed by atoms with E-state index in [1.807, 2.05) is 13.1 Å². The van der Waals surface area contributed by atoms with Gasteiger partial charge in [-0.25, -0.2) is 0 Å². The van der Waals surface area contributed by atoms with Gasteiger partial charge in [0.05, 0.1) is 5.69 Å². The highest BCUT2D eigenvalue weighted by Crippen LogP contribution is 2.35. The molecule has 4 nitrogen and oxygen atoms in total. The summed E-state index contributed by atoms with van der Waals surface area (Å²) in [6.07, 6.45) is 8.82. The molecule has 0 bridgehead atoms. The number of amides is 1. The minimum atomic E-state index is 0.195. The van der Waals surface area contributed by atoms with Crippen LogP contribution in [0.3, 0.4) is 0 Å². The van der Waals surface area contributed by atoms with E-state index >= 15 is 0 Å². The van der Waals surface area contributed by atoms with Crippen molar-refractivity contribution in [1.29, 1.82) is 0 Å². The first kappa shape index (κ1) is 15.6. The zero-order chi connectivity index (χ0) is 15.7. The van der Waals surface area contributed by atoms with Crippen LogP contribution in [0.5, 0.6) is 0 Å². The van der Waals surface area contributed by atoms with Crippen molar-refractivity contribution < 1.29 is 4.79 Å². The van der Waals surface area contributed by atoms with Crippen molar-refractivity contribution in [3.8, 4) is 0 Å². The summed E-state index contributed by atoms with van der Waals surface area (Å²) in [5.74, 6) is 1.28. The van der Waals surface area contributed by atoms with Gasteiger partial charge in [0.15, 0.2) is 0 Å². The maximum atomic E-state index is 13.1. The van der Waals surface area contributed by atoms with Gasteiger partial charge in [-0.3, -0.25) is 9.48 Å². The van der Waals surface area contributed by atoms with E-state index in [1.165, 1.54) is 38.5 Å². The molecule has 2 aliphatic rings. The topological polar surface area (TPSA) is 38.1 Å². The normalized spacial score (nSPS) is 25.9. The fraction of sp³-hybridized carbons (Fsp3) is 0.778. The molecule has 1 aromatic rings. The molecule has 2 heterocycles. The third kappa shape index (κ3) is 2.92. The molecule has 0 spiro atoms. The minimum absolute atomic E-state index is 0.195. The minimum Gasteiger partial charge on any atom is -0.334 e. The van der Waals surface area contributed by atoms with Crippen LogP contribution in [0.25, 0.3) is 0 Å². The lowest BCUT2D eigenvalue weighted by molar-refractivity contribution is 0.0558. The second-order valence-corrected chi connectivity index (χ2v) is 7.34. The molecule has 1 aliphatic heterocycles. The molecule has 0 N–H and O–H groups in total. The largest absolute Gasteiger partial charge is 0.334 e. The molecule has 0 unspecified atom stereocenters. The highest BCUT2D eigenvalue weighted by molar-refractivity contribution is 5.93. The molecule has 122 valence electrons.